The number of benzene rings is 2. The van der Waals surface area contributed by atoms with E-state index in [1.54, 1.807) is 39.0 Å². The van der Waals surface area contributed by atoms with Gasteiger partial charge in [0.1, 0.15) is 11.8 Å². The number of nitrogens with zero attached hydrogens (tertiary/aromatic N) is 2. The van der Waals surface area contributed by atoms with Gasteiger partial charge in [-0.2, -0.15) is 18.3 Å². The molecule has 2 aromatic carbocycles. The molecule has 3 rings (SSSR count). The first-order valence-electron chi connectivity index (χ1n) is 11.1. The quantitative estimate of drug-likeness (QED) is 0.322. The van der Waals surface area contributed by atoms with Gasteiger partial charge in [0.25, 0.3) is 0 Å². The van der Waals surface area contributed by atoms with Crippen molar-refractivity contribution in [3.8, 4) is 0 Å². The van der Waals surface area contributed by atoms with Crippen molar-refractivity contribution in [2.24, 2.45) is 0 Å². The van der Waals surface area contributed by atoms with E-state index >= 15 is 0 Å². The number of fused-ring (bicyclic) bond motifs is 1. The first kappa shape index (κ1) is 27.0. The summed E-state index contributed by atoms with van der Waals surface area (Å²) >= 11 is 0. The molecular formula is C25H27F4N3O4. The first-order chi connectivity index (χ1) is 16.7. The Labute approximate surface area is 205 Å². The molecule has 0 aliphatic heterocycles. The van der Waals surface area contributed by atoms with E-state index < -0.39 is 47.5 Å². The van der Waals surface area contributed by atoms with E-state index in [4.69, 9.17) is 9.47 Å². The Bertz CT molecular complexity index is 1250. The monoisotopic (exact) mass is 509 g/mol. The number of aromatic nitrogens is 2. The number of rotatable bonds is 6. The molecule has 2 atom stereocenters. The number of esters is 1. The Kier molecular flexibility index (Phi) is 7.33. The second kappa shape index (κ2) is 9.79. The van der Waals surface area contributed by atoms with E-state index in [0.717, 1.165) is 31.4 Å². The highest BCUT2D eigenvalue weighted by Gasteiger charge is 2.47. The molecule has 1 aromatic heterocycles. The normalized spacial score (nSPS) is 14.7. The van der Waals surface area contributed by atoms with E-state index in [2.05, 4.69) is 10.4 Å². The predicted molar refractivity (Wildman–Crippen MR) is 125 cm³/mol. The molecule has 3 aromatic rings. The molecule has 194 valence electrons. The van der Waals surface area contributed by atoms with Crippen molar-refractivity contribution in [1.82, 2.24) is 9.78 Å². The van der Waals surface area contributed by atoms with Crippen LogP contribution < -0.4 is 5.32 Å². The molecule has 11 heteroatoms. The second-order valence-electron chi connectivity index (χ2n) is 9.33. The molecular weight excluding hydrogens is 482 g/mol. The van der Waals surface area contributed by atoms with Crippen molar-refractivity contribution >= 4 is 28.7 Å². The average molecular weight is 510 g/mol. The Morgan fingerprint density at radius 1 is 1.06 bits per heavy atom. The van der Waals surface area contributed by atoms with Gasteiger partial charge in [-0.25, -0.2) is 18.7 Å². The summed E-state index contributed by atoms with van der Waals surface area (Å²) in [6, 6.07) is 8.62. The first-order valence-corrected chi connectivity index (χ1v) is 11.1. The number of alkyl halides is 4. The van der Waals surface area contributed by atoms with Crippen molar-refractivity contribution in [3.05, 3.63) is 59.8 Å². The van der Waals surface area contributed by atoms with Gasteiger partial charge in [0.2, 0.25) is 0 Å². The summed E-state index contributed by atoms with van der Waals surface area (Å²) in [5.41, 5.74) is -2.92. The van der Waals surface area contributed by atoms with E-state index in [0.29, 0.717) is 16.6 Å². The van der Waals surface area contributed by atoms with Crippen LogP contribution in [-0.2, 0) is 26.0 Å². The molecule has 0 aliphatic rings. The maximum atomic E-state index is 14.5. The standard InChI is InChI=1S/C25H27F4N3O4/c1-15(26)13-24(21(33)35-5,16-9-11-17(12-10-16)25(27,28)29)32-20-8-6-7-19(18(20)14-30-32)31-22(34)36-23(2,3)4/h6-12,14-15H,13H2,1-5H3,(H,31,34). The maximum Gasteiger partial charge on any atom is 0.416 e. The number of halogens is 4. The lowest BCUT2D eigenvalue weighted by Gasteiger charge is -2.33. The minimum Gasteiger partial charge on any atom is -0.467 e. The lowest BCUT2D eigenvalue weighted by Crippen LogP contribution is -2.46. The minimum absolute atomic E-state index is 0.0577. The third-order valence-electron chi connectivity index (χ3n) is 5.40. The predicted octanol–water partition coefficient (Wildman–Crippen LogP) is 6.07. The third-order valence-corrected chi connectivity index (χ3v) is 5.40. The third kappa shape index (κ3) is 5.44. The van der Waals surface area contributed by atoms with E-state index in [1.807, 2.05) is 0 Å². The van der Waals surface area contributed by atoms with Crippen LogP contribution >= 0.6 is 0 Å². The van der Waals surface area contributed by atoms with Crippen LogP contribution in [-0.4, -0.2) is 40.7 Å². The number of carbonyl (C=O) groups excluding carboxylic acids is 2. The van der Waals surface area contributed by atoms with Gasteiger partial charge < -0.3 is 9.47 Å². The highest BCUT2D eigenvalue weighted by atomic mass is 19.4. The molecule has 0 aliphatic carbocycles. The van der Waals surface area contributed by atoms with Gasteiger partial charge in [0.15, 0.2) is 5.54 Å². The summed E-state index contributed by atoms with van der Waals surface area (Å²) in [5, 5.41) is 7.34. The number of hydrogen-bond donors (Lipinski definition) is 1. The van der Waals surface area contributed by atoms with Crippen LogP contribution in [0, 0.1) is 0 Å². The lowest BCUT2D eigenvalue weighted by atomic mass is 9.84. The fraction of sp³-hybridized carbons (Fsp3) is 0.400. The Morgan fingerprint density at radius 2 is 1.67 bits per heavy atom. The second-order valence-corrected chi connectivity index (χ2v) is 9.33. The zero-order chi connectivity index (χ0) is 26.9. The topological polar surface area (TPSA) is 82.5 Å². The average Bonchev–Trinajstić information content (AvgIpc) is 3.20. The number of anilines is 1. The van der Waals surface area contributed by atoms with Gasteiger partial charge in [-0.05, 0) is 57.5 Å². The molecule has 2 unspecified atom stereocenters. The zero-order valence-electron chi connectivity index (χ0n) is 20.4. The molecule has 36 heavy (non-hydrogen) atoms. The number of hydrogen-bond acceptors (Lipinski definition) is 5. The number of carbonyl (C=O) groups is 2. The van der Waals surface area contributed by atoms with Crippen molar-refractivity contribution in [2.75, 3.05) is 12.4 Å². The molecule has 0 saturated carbocycles. The van der Waals surface area contributed by atoms with Gasteiger partial charge in [0, 0.05) is 11.8 Å². The van der Waals surface area contributed by atoms with Gasteiger partial charge in [-0.1, -0.05) is 18.2 Å². The summed E-state index contributed by atoms with van der Waals surface area (Å²) in [7, 11) is 1.10. The number of ether oxygens (including phenoxy) is 2. The Morgan fingerprint density at radius 3 is 2.19 bits per heavy atom. The molecule has 0 radical (unpaired) electrons. The van der Waals surface area contributed by atoms with Crippen molar-refractivity contribution in [1.29, 1.82) is 0 Å². The summed E-state index contributed by atoms with van der Waals surface area (Å²) in [4.78, 5) is 25.6. The molecule has 1 amide bonds. The fourth-order valence-electron chi connectivity index (χ4n) is 4.00. The van der Waals surface area contributed by atoms with Crippen LogP contribution in [0.2, 0.25) is 0 Å². The van der Waals surface area contributed by atoms with E-state index in [9.17, 15) is 27.2 Å². The maximum absolute atomic E-state index is 14.5. The number of nitrogens with one attached hydrogen (secondary N) is 1. The zero-order valence-corrected chi connectivity index (χ0v) is 20.4. The van der Waals surface area contributed by atoms with Crippen LogP contribution in [0.5, 0.6) is 0 Å². The van der Waals surface area contributed by atoms with Gasteiger partial charge in [0.05, 0.1) is 30.1 Å². The summed E-state index contributed by atoms with van der Waals surface area (Å²) in [5.74, 6) is -0.915. The van der Waals surface area contributed by atoms with Crippen LogP contribution in [0.15, 0.2) is 48.7 Å². The largest absolute Gasteiger partial charge is 0.467 e. The Balaban J connectivity index is 2.21. The minimum atomic E-state index is -4.60. The molecule has 0 fully saturated rings. The summed E-state index contributed by atoms with van der Waals surface area (Å²) in [6.07, 6.45) is -5.98. The van der Waals surface area contributed by atoms with Crippen molar-refractivity contribution < 1.29 is 36.6 Å². The Hall–Kier alpha value is -3.63. The SMILES string of the molecule is COC(=O)C(CC(C)F)(c1ccc(C(F)(F)F)cc1)n1ncc2c(NC(=O)OC(C)(C)C)cccc21. The molecule has 1 N–H and O–H groups in total. The molecule has 0 spiro atoms. The van der Waals surface area contributed by atoms with E-state index in [1.165, 1.54) is 17.8 Å². The molecule has 0 bridgehead atoms. The number of methoxy groups -OCH3 is 1. The molecule has 1 heterocycles. The highest BCUT2D eigenvalue weighted by molar-refractivity contribution is 5.99. The summed E-state index contributed by atoms with van der Waals surface area (Å²) < 4.78 is 65.6. The van der Waals surface area contributed by atoms with Gasteiger partial charge in [-0.15, -0.1) is 0 Å². The van der Waals surface area contributed by atoms with Crippen LogP contribution in [0.1, 0.15) is 45.2 Å². The smallest absolute Gasteiger partial charge is 0.416 e. The van der Waals surface area contributed by atoms with Gasteiger partial charge in [-0.3, -0.25) is 5.32 Å². The molecule has 0 saturated heterocycles. The highest BCUT2D eigenvalue weighted by Crippen LogP contribution is 2.39. The summed E-state index contributed by atoms with van der Waals surface area (Å²) in [6.45, 7) is 6.34. The van der Waals surface area contributed by atoms with Crippen LogP contribution in [0.25, 0.3) is 10.9 Å². The van der Waals surface area contributed by atoms with E-state index in [-0.39, 0.29) is 5.56 Å². The fourth-order valence-corrected chi connectivity index (χ4v) is 4.00. The van der Waals surface area contributed by atoms with Crippen molar-refractivity contribution in [3.63, 3.8) is 0 Å². The van der Waals surface area contributed by atoms with Crippen LogP contribution in [0.3, 0.4) is 0 Å². The van der Waals surface area contributed by atoms with Crippen LogP contribution in [0.4, 0.5) is 28.0 Å². The van der Waals surface area contributed by atoms with Crippen molar-refractivity contribution in [2.45, 2.75) is 57.6 Å². The number of amides is 1. The lowest BCUT2D eigenvalue weighted by molar-refractivity contribution is -0.150. The molecule has 7 nitrogen and oxygen atoms in total. The van der Waals surface area contributed by atoms with Gasteiger partial charge >= 0.3 is 18.2 Å².